The summed E-state index contributed by atoms with van der Waals surface area (Å²) in [7, 11) is 0. The Balaban J connectivity index is 2.17. The fraction of sp³-hybridized carbons (Fsp3) is 0.0833. The molecule has 2 N–H and O–H groups in total. The largest absolute Gasteiger partial charge is 0.475 e. The Morgan fingerprint density at radius 1 is 1.57 bits per heavy atom. The number of pyridine rings is 1. The molecular weight excluding hydrogens is 280 g/mol. The first-order chi connectivity index (χ1) is 10.0. The lowest BCUT2D eigenvalue weighted by atomic mass is 10.2. The van der Waals surface area contributed by atoms with E-state index in [0.29, 0.717) is 0 Å². The zero-order valence-corrected chi connectivity index (χ0v) is 10.4. The number of carboxylic acids is 1. The average molecular weight is 288 g/mol. The van der Waals surface area contributed by atoms with Crippen LogP contribution in [0.15, 0.2) is 28.8 Å². The number of carboxylic acid groups (broad SMARTS) is 1. The van der Waals surface area contributed by atoms with Crippen molar-refractivity contribution >= 4 is 17.5 Å². The van der Waals surface area contributed by atoms with Gasteiger partial charge in [-0.2, -0.15) is 5.26 Å². The standard InChI is InChI=1S/C12H8N4O5/c13-4-7-3-9(16(19)20)11(14-5-7)15-6-8-1-2-10(21-8)12(17)18/h1-3,5H,6H2,(H,14,15)(H,17,18). The lowest BCUT2D eigenvalue weighted by molar-refractivity contribution is -0.384. The molecule has 0 unspecified atom stereocenters. The van der Waals surface area contributed by atoms with Gasteiger partial charge in [-0.25, -0.2) is 9.78 Å². The van der Waals surface area contributed by atoms with Gasteiger partial charge in [-0.15, -0.1) is 0 Å². The number of rotatable bonds is 5. The van der Waals surface area contributed by atoms with Gasteiger partial charge in [0, 0.05) is 12.3 Å². The fourth-order valence-corrected chi connectivity index (χ4v) is 1.55. The monoisotopic (exact) mass is 288 g/mol. The van der Waals surface area contributed by atoms with E-state index in [-0.39, 0.29) is 35.1 Å². The second-order valence-corrected chi connectivity index (χ2v) is 3.89. The fourth-order valence-electron chi connectivity index (χ4n) is 1.55. The van der Waals surface area contributed by atoms with Crippen LogP contribution in [-0.2, 0) is 6.54 Å². The highest BCUT2D eigenvalue weighted by molar-refractivity contribution is 5.84. The summed E-state index contributed by atoms with van der Waals surface area (Å²) >= 11 is 0. The number of carbonyl (C=O) groups is 1. The normalized spacial score (nSPS) is 9.86. The Hall–Kier alpha value is -3.41. The molecule has 2 rings (SSSR count). The molecule has 0 aliphatic heterocycles. The van der Waals surface area contributed by atoms with Gasteiger partial charge >= 0.3 is 11.7 Å². The number of anilines is 1. The molecule has 2 aromatic heterocycles. The predicted molar refractivity (Wildman–Crippen MR) is 68.6 cm³/mol. The lowest BCUT2D eigenvalue weighted by Crippen LogP contribution is -2.04. The maximum Gasteiger partial charge on any atom is 0.371 e. The molecule has 0 atom stereocenters. The molecule has 0 saturated carbocycles. The molecule has 0 aromatic carbocycles. The number of nitriles is 1. The average Bonchev–Trinajstić information content (AvgIpc) is 2.94. The molecular formula is C12H8N4O5. The molecule has 9 heteroatoms. The summed E-state index contributed by atoms with van der Waals surface area (Å²) in [6.45, 7) is 0.0209. The van der Waals surface area contributed by atoms with Crippen molar-refractivity contribution in [3.8, 4) is 6.07 Å². The Morgan fingerprint density at radius 2 is 2.33 bits per heavy atom. The van der Waals surface area contributed by atoms with Crippen LogP contribution in [0.1, 0.15) is 21.9 Å². The van der Waals surface area contributed by atoms with E-state index >= 15 is 0 Å². The molecule has 0 radical (unpaired) electrons. The Kier molecular flexibility index (Phi) is 3.80. The van der Waals surface area contributed by atoms with Gasteiger partial charge in [-0.1, -0.05) is 0 Å². The zero-order chi connectivity index (χ0) is 15.4. The lowest BCUT2D eigenvalue weighted by Gasteiger charge is -2.04. The molecule has 0 fully saturated rings. The third-order valence-electron chi connectivity index (χ3n) is 2.50. The van der Waals surface area contributed by atoms with Gasteiger partial charge in [0.15, 0.2) is 0 Å². The Labute approximate surface area is 117 Å². The first-order valence-electron chi connectivity index (χ1n) is 5.61. The summed E-state index contributed by atoms with van der Waals surface area (Å²) in [5.74, 6) is -1.18. The maximum absolute atomic E-state index is 10.9. The van der Waals surface area contributed by atoms with Crippen molar-refractivity contribution in [3.63, 3.8) is 0 Å². The summed E-state index contributed by atoms with van der Waals surface area (Å²) in [6.07, 6.45) is 1.19. The SMILES string of the molecule is N#Cc1cnc(NCc2ccc(C(=O)O)o2)c([N+](=O)[O-])c1. The van der Waals surface area contributed by atoms with Crippen molar-refractivity contribution in [2.24, 2.45) is 0 Å². The van der Waals surface area contributed by atoms with E-state index in [2.05, 4.69) is 10.3 Å². The van der Waals surface area contributed by atoms with Crippen LogP contribution in [0.2, 0.25) is 0 Å². The summed E-state index contributed by atoms with van der Waals surface area (Å²) in [5.41, 5.74) is -0.280. The van der Waals surface area contributed by atoms with Gasteiger partial charge in [-0.05, 0) is 12.1 Å². The van der Waals surface area contributed by atoms with E-state index in [1.165, 1.54) is 18.3 Å². The number of hydrogen-bond donors (Lipinski definition) is 2. The van der Waals surface area contributed by atoms with E-state index in [1.807, 2.05) is 0 Å². The number of nitrogens with one attached hydrogen (secondary N) is 1. The second kappa shape index (κ2) is 5.70. The van der Waals surface area contributed by atoms with Gasteiger partial charge in [0.05, 0.1) is 17.0 Å². The molecule has 2 heterocycles. The van der Waals surface area contributed by atoms with Crippen molar-refractivity contribution < 1.29 is 19.2 Å². The number of nitro groups is 1. The topological polar surface area (TPSA) is 142 Å². The van der Waals surface area contributed by atoms with Crippen LogP contribution < -0.4 is 5.32 Å². The van der Waals surface area contributed by atoms with Crippen molar-refractivity contribution in [2.45, 2.75) is 6.54 Å². The van der Waals surface area contributed by atoms with Gasteiger partial charge in [0.2, 0.25) is 11.6 Å². The third-order valence-corrected chi connectivity index (χ3v) is 2.50. The molecule has 0 spiro atoms. The number of nitrogens with zero attached hydrogens (tertiary/aromatic N) is 3. The number of aromatic nitrogens is 1. The molecule has 0 aliphatic carbocycles. The first-order valence-corrected chi connectivity index (χ1v) is 5.61. The summed E-state index contributed by atoms with van der Waals surface area (Å²) < 4.78 is 5.00. The molecule has 0 saturated heterocycles. The summed E-state index contributed by atoms with van der Waals surface area (Å²) in [6, 6.07) is 5.57. The minimum Gasteiger partial charge on any atom is -0.475 e. The molecule has 9 nitrogen and oxygen atoms in total. The second-order valence-electron chi connectivity index (χ2n) is 3.89. The van der Waals surface area contributed by atoms with E-state index in [9.17, 15) is 14.9 Å². The minimum atomic E-state index is -1.20. The molecule has 0 aliphatic rings. The van der Waals surface area contributed by atoms with Gasteiger partial charge < -0.3 is 14.8 Å². The summed E-state index contributed by atoms with van der Waals surface area (Å²) in [4.78, 5) is 24.7. The Bertz CT molecular complexity index is 746. The highest BCUT2D eigenvalue weighted by Crippen LogP contribution is 2.23. The van der Waals surface area contributed by atoms with Crippen LogP contribution in [0.25, 0.3) is 0 Å². The smallest absolute Gasteiger partial charge is 0.371 e. The zero-order valence-electron chi connectivity index (χ0n) is 10.4. The molecule has 2 aromatic rings. The first kappa shape index (κ1) is 14.0. The molecule has 0 amide bonds. The van der Waals surface area contributed by atoms with E-state index < -0.39 is 10.9 Å². The maximum atomic E-state index is 10.9. The molecule has 0 bridgehead atoms. The van der Waals surface area contributed by atoms with E-state index in [4.69, 9.17) is 14.8 Å². The molecule has 21 heavy (non-hydrogen) atoms. The molecule has 106 valence electrons. The van der Waals surface area contributed by atoms with Crippen LogP contribution in [0.3, 0.4) is 0 Å². The van der Waals surface area contributed by atoms with Crippen LogP contribution in [0, 0.1) is 21.4 Å². The number of aromatic carboxylic acids is 1. The van der Waals surface area contributed by atoms with Crippen molar-refractivity contribution in [3.05, 3.63) is 51.6 Å². The predicted octanol–water partition coefficient (Wildman–Crippen LogP) is 1.76. The Morgan fingerprint density at radius 3 is 2.90 bits per heavy atom. The quantitative estimate of drug-likeness (QED) is 0.625. The number of hydrogen-bond acceptors (Lipinski definition) is 7. The highest BCUT2D eigenvalue weighted by Gasteiger charge is 2.17. The van der Waals surface area contributed by atoms with E-state index in [0.717, 1.165) is 6.07 Å². The van der Waals surface area contributed by atoms with Crippen molar-refractivity contribution in [1.82, 2.24) is 4.98 Å². The van der Waals surface area contributed by atoms with E-state index in [1.54, 1.807) is 6.07 Å². The van der Waals surface area contributed by atoms with Crippen LogP contribution in [-0.4, -0.2) is 21.0 Å². The van der Waals surface area contributed by atoms with Crippen molar-refractivity contribution in [2.75, 3.05) is 5.32 Å². The summed E-state index contributed by atoms with van der Waals surface area (Å²) in [5, 5.41) is 31.0. The van der Waals surface area contributed by atoms with Gasteiger partial charge in [0.1, 0.15) is 11.8 Å². The van der Waals surface area contributed by atoms with Gasteiger partial charge in [0.25, 0.3) is 0 Å². The van der Waals surface area contributed by atoms with Gasteiger partial charge in [-0.3, -0.25) is 10.1 Å². The van der Waals surface area contributed by atoms with Crippen LogP contribution in [0.5, 0.6) is 0 Å². The third kappa shape index (κ3) is 3.13. The minimum absolute atomic E-state index is 0.0209. The van der Waals surface area contributed by atoms with Crippen molar-refractivity contribution in [1.29, 1.82) is 5.26 Å². The van der Waals surface area contributed by atoms with Crippen LogP contribution in [0.4, 0.5) is 11.5 Å². The van der Waals surface area contributed by atoms with Crippen LogP contribution >= 0.6 is 0 Å². The number of furan rings is 1. The highest BCUT2D eigenvalue weighted by atomic mass is 16.6.